The molecule has 1 atom stereocenters. The molecule has 0 aromatic carbocycles. The number of hydrogen-bond acceptors (Lipinski definition) is 3. The van der Waals surface area contributed by atoms with E-state index < -0.39 is 5.97 Å². The van der Waals surface area contributed by atoms with E-state index in [0.29, 0.717) is 6.42 Å². The van der Waals surface area contributed by atoms with Crippen molar-refractivity contribution in [3.8, 4) is 0 Å². The van der Waals surface area contributed by atoms with Crippen molar-refractivity contribution < 1.29 is 19.5 Å². The van der Waals surface area contributed by atoms with Gasteiger partial charge in [0.05, 0.1) is 20.6 Å². The zero-order chi connectivity index (χ0) is 20.4. The number of aliphatic hydroxyl groups excluding tert-OH is 1. The second-order valence-electron chi connectivity index (χ2n) is 9.00. The van der Waals surface area contributed by atoms with E-state index in [1.54, 1.807) is 0 Å². The number of carboxylic acid groups (broad SMARTS) is 1. The van der Waals surface area contributed by atoms with Gasteiger partial charge < -0.3 is 19.5 Å². The number of nitrogens with zero attached hydrogens (tertiary/aromatic N) is 1. The van der Waals surface area contributed by atoms with Gasteiger partial charge in [0.1, 0.15) is 12.6 Å². The minimum absolute atomic E-state index is 0.140. The average Bonchev–Trinajstić information content (AvgIpc) is 2.59. The predicted molar refractivity (Wildman–Crippen MR) is 112 cm³/mol. The molecule has 0 amide bonds. The summed E-state index contributed by atoms with van der Waals surface area (Å²) in [6.07, 6.45) is 18.4. The third-order valence-corrected chi connectivity index (χ3v) is 5.49. The molecule has 0 aliphatic heterocycles. The molecule has 0 radical (unpaired) electrons. The van der Waals surface area contributed by atoms with Crippen molar-refractivity contribution in [2.24, 2.45) is 0 Å². The van der Waals surface area contributed by atoms with Crippen molar-refractivity contribution in [2.75, 3.05) is 27.2 Å². The van der Waals surface area contributed by atoms with Crippen LogP contribution >= 0.6 is 0 Å². The summed E-state index contributed by atoms with van der Waals surface area (Å²) in [5.41, 5.74) is 0. The van der Waals surface area contributed by atoms with Crippen molar-refractivity contribution in [1.29, 1.82) is 0 Å². The molecule has 0 fully saturated rings. The first kappa shape index (κ1) is 26.4. The third kappa shape index (κ3) is 19.9. The lowest BCUT2D eigenvalue weighted by Crippen LogP contribution is -2.46. The van der Waals surface area contributed by atoms with E-state index in [2.05, 4.69) is 21.0 Å². The number of carbonyl (C=O) groups excluding carboxylic acids is 1. The lowest BCUT2D eigenvalue weighted by Gasteiger charge is -2.32. The molecule has 162 valence electrons. The van der Waals surface area contributed by atoms with Gasteiger partial charge in [-0.15, -0.1) is 0 Å². The molecule has 4 nitrogen and oxygen atoms in total. The van der Waals surface area contributed by atoms with Gasteiger partial charge in [0.2, 0.25) is 0 Å². The molecule has 0 rings (SSSR count). The summed E-state index contributed by atoms with van der Waals surface area (Å²) in [6.45, 7) is 3.92. The minimum atomic E-state index is -0.965. The third-order valence-electron chi connectivity index (χ3n) is 5.49. The number of unbranched alkanes of at least 4 members (excludes halogenated alkanes) is 12. The van der Waals surface area contributed by atoms with Gasteiger partial charge in [-0.1, -0.05) is 84.0 Å². The topological polar surface area (TPSA) is 60.4 Å². The Morgan fingerprint density at radius 1 is 0.815 bits per heavy atom. The van der Waals surface area contributed by atoms with E-state index in [1.165, 1.54) is 70.6 Å². The SMILES string of the molecule is CCCCCCCCCCCCCCC(O)C[N+](C)(C)CCCCC(=O)[O-]. The summed E-state index contributed by atoms with van der Waals surface area (Å²) >= 11 is 0. The van der Waals surface area contributed by atoms with E-state index in [0.717, 1.165) is 36.8 Å². The lowest BCUT2D eigenvalue weighted by atomic mass is 10.0. The minimum Gasteiger partial charge on any atom is -0.550 e. The van der Waals surface area contributed by atoms with Crippen molar-refractivity contribution in [3.63, 3.8) is 0 Å². The van der Waals surface area contributed by atoms with Crippen molar-refractivity contribution in [3.05, 3.63) is 0 Å². The molecule has 0 saturated heterocycles. The first-order valence-corrected chi connectivity index (χ1v) is 11.6. The molecule has 1 N–H and O–H groups in total. The largest absolute Gasteiger partial charge is 0.550 e. The summed E-state index contributed by atoms with van der Waals surface area (Å²) in [5.74, 6) is -0.965. The maximum atomic E-state index is 10.4. The summed E-state index contributed by atoms with van der Waals surface area (Å²) < 4.78 is 0.756. The van der Waals surface area contributed by atoms with Crippen LogP contribution in [0.15, 0.2) is 0 Å². The quantitative estimate of drug-likeness (QED) is 0.249. The average molecular weight is 386 g/mol. The number of aliphatic hydroxyl groups is 1. The van der Waals surface area contributed by atoms with E-state index in [-0.39, 0.29) is 12.5 Å². The molecule has 0 aromatic rings. The van der Waals surface area contributed by atoms with Crippen LogP contribution < -0.4 is 5.11 Å². The zero-order valence-electron chi connectivity index (χ0n) is 18.5. The Morgan fingerprint density at radius 2 is 1.30 bits per heavy atom. The standard InChI is InChI=1S/C23H47NO3/c1-4-5-6-7-8-9-10-11-12-13-14-15-18-22(25)21-24(2,3)20-17-16-19-23(26)27/h22,25H,4-21H2,1-3H3. The Morgan fingerprint density at radius 3 is 1.78 bits per heavy atom. The Balaban J connectivity index is 3.46. The Hall–Kier alpha value is -0.610. The Kier molecular flexibility index (Phi) is 17.1. The monoisotopic (exact) mass is 385 g/mol. The zero-order valence-corrected chi connectivity index (χ0v) is 18.5. The van der Waals surface area contributed by atoms with Gasteiger partial charge >= 0.3 is 0 Å². The van der Waals surface area contributed by atoms with Gasteiger partial charge in [0.25, 0.3) is 0 Å². The van der Waals surface area contributed by atoms with Crippen LogP contribution in [-0.2, 0) is 4.79 Å². The van der Waals surface area contributed by atoms with Crippen molar-refractivity contribution >= 4 is 5.97 Å². The van der Waals surface area contributed by atoms with E-state index >= 15 is 0 Å². The highest BCUT2D eigenvalue weighted by Crippen LogP contribution is 2.14. The fraction of sp³-hybridized carbons (Fsp3) is 0.957. The van der Waals surface area contributed by atoms with Gasteiger partial charge in [0.15, 0.2) is 0 Å². The molecular weight excluding hydrogens is 338 g/mol. The number of rotatable bonds is 20. The fourth-order valence-electron chi connectivity index (χ4n) is 3.78. The number of quaternary nitrogens is 1. The van der Waals surface area contributed by atoms with Crippen molar-refractivity contribution in [2.45, 2.75) is 116 Å². The van der Waals surface area contributed by atoms with Crippen LogP contribution in [0, 0.1) is 0 Å². The highest BCUT2D eigenvalue weighted by atomic mass is 16.4. The number of hydrogen-bond donors (Lipinski definition) is 1. The van der Waals surface area contributed by atoms with Gasteiger partial charge in [0, 0.05) is 5.97 Å². The summed E-state index contributed by atoms with van der Waals surface area (Å²) in [7, 11) is 4.23. The molecule has 1 unspecified atom stereocenters. The van der Waals surface area contributed by atoms with Crippen LogP contribution in [0.25, 0.3) is 0 Å². The molecule has 4 heteroatoms. The van der Waals surface area contributed by atoms with Crippen LogP contribution in [0.3, 0.4) is 0 Å². The van der Waals surface area contributed by atoms with Crippen LogP contribution in [-0.4, -0.2) is 48.8 Å². The first-order valence-electron chi connectivity index (χ1n) is 11.6. The van der Waals surface area contributed by atoms with Gasteiger partial charge in [-0.3, -0.25) is 0 Å². The van der Waals surface area contributed by atoms with Crippen LogP contribution in [0.1, 0.15) is 110 Å². The predicted octanol–water partition coefficient (Wildman–Crippen LogP) is 4.44. The lowest BCUT2D eigenvalue weighted by molar-refractivity contribution is -0.893. The number of carboxylic acids is 1. The normalized spacial score (nSPS) is 13.0. The number of aliphatic carboxylic acids is 1. The molecule has 0 bridgehead atoms. The van der Waals surface area contributed by atoms with E-state index in [9.17, 15) is 15.0 Å². The van der Waals surface area contributed by atoms with Crippen LogP contribution in [0.4, 0.5) is 0 Å². The smallest absolute Gasteiger partial charge is 0.105 e. The molecule has 0 spiro atoms. The molecule has 0 heterocycles. The molecule has 27 heavy (non-hydrogen) atoms. The van der Waals surface area contributed by atoms with E-state index in [1.807, 2.05) is 0 Å². The summed E-state index contributed by atoms with van der Waals surface area (Å²) in [6, 6.07) is 0. The van der Waals surface area contributed by atoms with Gasteiger partial charge in [-0.05, 0) is 25.7 Å². The second kappa shape index (κ2) is 17.5. The molecule has 0 saturated carbocycles. The first-order chi connectivity index (χ1) is 12.9. The molecular formula is C23H47NO3. The highest BCUT2D eigenvalue weighted by molar-refractivity contribution is 5.64. The Bertz CT molecular complexity index is 345. The molecule has 0 aliphatic carbocycles. The highest BCUT2D eigenvalue weighted by Gasteiger charge is 2.19. The summed E-state index contributed by atoms with van der Waals surface area (Å²) in [5, 5.41) is 20.7. The maximum Gasteiger partial charge on any atom is 0.105 e. The van der Waals surface area contributed by atoms with Gasteiger partial charge in [-0.25, -0.2) is 0 Å². The summed E-state index contributed by atoms with van der Waals surface area (Å²) in [4.78, 5) is 10.4. The fourth-order valence-corrected chi connectivity index (χ4v) is 3.78. The number of carbonyl (C=O) groups is 1. The maximum absolute atomic E-state index is 10.4. The van der Waals surface area contributed by atoms with Gasteiger partial charge in [-0.2, -0.15) is 0 Å². The van der Waals surface area contributed by atoms with Crippen molar-refractivity contribution in [1.82, 2.24) is 0 Å². The van der Waals surface area contributed by atoms with Crippen LogP contribution in [0.5, 0.6) is 0 Å². The second-order valence-corrected chi connectivity index (χ2v) is 9.00. The number of likely N-dealkylation sites (N-methyl/N-ethyl adjacent to an activating group) is 1. The van der Waals surface area contributed by atoms with Crippen LogP contribution in [0.2, 0.25) is 0 Å². The molecule has 0 aliphatic rings. The Labute approximate surface area is 168 Å². The molecule has 0 aromatic heterocycles. The van der Waals surface area contributed by atoms with E-state index in [4.69, 9.17) is 0 Å².